The minimum absolute atomic E-state index is 0. The summed E-state index contributed by atoms with van der Waals surface area (Å²) in [7, 11) is 6.39. The summed E-state index contributed by atoms with van der Waals surface area (Å²) < 4.78 is 25.3. The van der Waals surface area contributed by atoms with Crippen LogP contribution >= 0.6 is 0 Å². The van der Waals surface area contributed by atoms with Crippen LogP contribution in [0.4, 0.5) is 4.79 Å². The maximum Gasteiger partial charge on any atom is 0.410 e. The molecular formula is C47H57Cl3N6O8Y2-4. The number of piperazine rings is 2. The number of nitrogens with one attached hydrogen (secondary N) is 2. The number of ether oxygens (including phenoxy) is 3. The number of nitrogens with zero attached hydrogens (tertiary/aromatic N) is 3. The van der Waals surface area contributed by atoms with Gasteiger partial charge in [0.1, 0.15) is 62.1 Å². The SMILES string of the molecule is Cc1ccc2[c-]cc[nH+]c2c1.Cc1ccc2[c-]ccnc2c1.[CH2-]Oc1coc(CN2CCN(C(=O)OC(C)(C)C)CC2)cc1=O.[CH2-]Oc1coc(C[NH+]2CC[NH2+]CC2)cc1=O.[Cl-].[Cl-].[Cl-].[Y].[Y]. The van der Waals surface area contributed by atoms with Crippen molar-refractivity contribution < 1.29 is 146 Å². The molecular weight excluding hydrogens is 1060 g/mol. The van der Waals surface area contributed by atoms with Crippen molar-refractivity contribution in [1.29, 1.82) is 0 Å². The van der Waals surface area contributed by atoms with E-state index in [1.165, 1.54) is 40.7 Å². The molecule has 0 unspecified atom stereocenters. The average Bonchev–Trinajstić information content (AvgIpc) is 3.24. The van der Waals surface area contributed by atoms with E-state index >= 15 is 0 Å². The number of aryl methyl sites for hydroxylation is 2. The standard InChI is InChI=1S/C16H23N2O5.C11H15N2O3.2C10H8N.3ClH.2Y/c1-16(2,3)23-15(20)18-7-5-17(6-8-18)10-12-9-13(19)14(21-4)11-22-12;1-15-11-8-16-9(6-10(11)14)7-13-4-2-12-3-5-13;2*1-8-4-5-9-3-2-6-11-10(9)7-8;;;;;/h9,11H,4-8,10H2,1-3H3;6,8,12H,1-5,7H2;2*2,4-7H,1H3;3*1H;;/q4*-1;;;;;. The third-order valence-corrected chi connectivity index (χ3v) is 9.66. The normalized spacial score (nSPS) is 13.3. The molecule has 6 aromatic rings. The molecule has 8 rings (SSSR count). The van der Waals surface area contributed by atoms with Crippen LogP contribution in [0.25, 0.3) is 21.8 Å². The van der Waals surface area contributed by atoms with Crippen LogP contribution in [0.5, 0.6) is 11.5 Å². The molecule has 0 spiro atoms. The summed E-state index contributed by atoms with van der Waals surface area (Å²) in [5, 5.41) is 4.52. The number of nitrogens with two attached hydrogens (primary N) is 1. The van der Waals surface area contributed by atoms with Gasteiger partial charge in [-0.1, -0.05) is 34.8 Å². The second-order valence-electron chi connectivity index (χ2n) is 15.8. The summed E-state index contributed by atoms with van der Waals surface area (Å²) in [6.07, 6.45) is 5.96. The monoisotopic (exact) mass is 1120 g/mol. The van der Waals surface area contributed by atoms with Crippen LogP contribution < -0.4 is 72.8 Å². The first-order chi connectivity index (χ1) is 29.3. The number of aromatic nitrogens is 2. The molecule has 0 saturated carbocycles. The topological polar surface area (TPSA) is 160 Å². The van der Waals surface area contributed by atoms with E-state index in [1.807, 2.05) is 45.2 Å². The van der Waals surface area contributed by atoms with E-state index in [1.54, 1.807) is 11.1 Å². The number of quaternary nitrogens is 2. The molecule has 6 heterocycles. The molecule has 0 bridgehead atoms. The zero-order valence-corrected chi connectivity index (χ0v) is 46.0. The van der Waals surface area contributed by atoms with Crippen LogP contribution in [0.2, 0.25) is 0 Å². The molecule has 14 nitrogen and oxygen atoms in total. The first-order valence-electron chi connectivity index (χ1n) is 20.2. The smallest absolute Gasteiger partial charge is 0.410 e. The van der Waals surface area contributed by atoms with E-state index in [0.717, 1.165) is 54.5 Å². The van der Waals surface area contributed by atoms with Gasteiger partial charge in [-0.2, -0.15) is 14.2 Å². The summed E-state index contributed by atoms with van der Waals surface area (Å²) in [5.74, 6) is 1.51. The molecule has 2 saturated heterocycles. The Kier molecular flexibility index (Phi) is 30.5. The number of carbonyl (C=O) groups excluding carboxylic acids is 1. The summed E-state index contributed by atoms with van der Waals surface area (Å²) in [6, 6.07) is 25.3. The Bertz CT molecular complexity index is 2380. The van der Waals surface area contributed by atoms with Gasteiger partial charge in [0.05, 0.1) is 12.7 Å². The number of rotatable bonds is 6. The van der Waals surface area contributed by atoms with Crippen LogP contribution in [0.3, 0.4) is 0 Å². The third-order valence-electron chi connectivity index (χ3n) is 9.66. The van der Waals surface area contributed by atoms with E-state index in [-0.39, 0.29) is 131 Å². The van der Waals surface area contributed by atoms with E-state index in [0.29, 0.717) is 44.2 Å². The molecule has 1 amide bonds. The number of amides is 1. The van der Waals surface area contributed by atoms with Crippen LogP contribution in [-0.4, -0.2) is 78.8 Å². The van der Waals surface area contributed by atoms with Crippen molar-refractivity contribution in [1.82, 2.24) is 14.8 Å². The van der Waals surface area contributed by atoms with Crippen molar-refractivity contribution in [2.45, 2.75) is 53.3 Å². The summed E-state index contributed by atoms with van der Waals surface area (Å²) >= 11 is 0. The quantitative estimate of drug-likeness (QED) is 0.155. The fourth-order valence-corrected chi connectivity index (χ4v) is 6.48. The Hall–Kier alpha value is -3.01. The maximum atomic E-state index is 12.0. The first kappa shape index (κ1) is 63.0. The zero-order valence-electron chi connectivity index (χ0n) is 38.0. The van der Waals surface area contributed by atoms with Crippen LogP contribution in [-0.2, 0) is 83.2 Å². The Morgan fingerprint density at radius 2 is 1.38 bits per heavy atom. The summed E-state index contributed by atoms with van der Waals surface area (Å²) in [5.41, 5.74) is 3.76. The number of carbonyl (C=O) groups is 1. The molecule has 2 fully saturated rings. The van der Waals surface area contributed by atoms with Crippen molar-refractivity contribution in [3.8, 4) is 11.5 Å². The Labute approximate surface area is 456 Å². The molecule has 66 heavy (non-hydrogen) atoms. The van der Waals surface area contributed by atoms with Crippen molar-refractivity contribution in [2.75, 3.05) is 52.4 Å². The molecule has 2 radical (unpaired) electrons. The minimum Gasteiger partial charge on any atom is -1.00 e. The second kappa shape index (κ2) is 31.9. The van der Waals surface area contributed by atoms with Crippen LogP contribution in [0.1, 0.15) is 43.4 Å². The van der Waals surface area contributed by atoms with Crippen LogP contribution in [0.15, 0.2) is 104 Å². The Morgan fingerprint density at radius 1 is 0.818 bits per heavy atom. The predicted octanol–water partition coefficient (Wildman–Crippen LogP) is -5.25. The molecule has 2 aromatic carbocycles. The maximum absolute atomic E-state index is 12.0. The number of benzene rings is 2. The Morgan fingerprint density at radius 3 is 1.97 bits per heavy atom. The molecule has 354 valence electrons. The fourth-order valence-electron chi connectivity index (χ4n) is 6.48. The molecule has 4 N–H and O–H groups in total. The molecule has 2 aliphatic heterocycles. The number of pyridine rings is 2. The van der Waals surface area contributed by atoms with E-state index < -0.39 is 5.60 Å². The van der Waals surface area contributed by atoms with E-state index in [2.05, 4.69) is 100 Å². The van der Waals surface area contributed by atoms with Gasteiger partial charge < -0.3 is 80.4 Å². The number of halogens is 3. The molecule has 4 aromatic heterocycles. The minimum atomic E-state index is -0.490. The summed E-state index contributed by atoms with van der Waals surface area (Å²) in [6.45, 7) is 18.0. The van der Waals surface area contributed by atoms with E-state index in [9.17, 15) is 14.4 Å². The second-order valence-corrected chi connectivity index (χ2v) is 15.8. The number of hydrogen-bond acceptors (Lipinski definition) is 10. The van der Waals surface area contributed by atoms with Gasteiger partial charge in [0.15, 0.2) is 17.3 Å². The first-order valence-corrected chi connectivity index (χ1v) is 20.2. The van der Waals surface area contributed by atoms with Crippen LogP contribution in [0, 0.1) is 40.2 Å². The predicted molar refractivity (Wildman–Crippen MR) is 230 cm³/mol. The van der Waals surface area contributed by atoms with Gasteiger partial charge in [-0.25, -0.2) is 4.79 Å². The number of hydrogen-bond donors (Lipinski definition) is 2. The molecule has 2 aliphatic rings. The number of H-pyrrole nitrogens is 1. The van der Waals surface area contributed by atoms with Gasteiger partial charge in [0, 0.05) is 104 Å². The Balaban J connectivity index is 0.000000867. The number of aromatic amines is 1. The van der Waals surface area contributed by atoms with Crippen molar-refractivity contribution in [3.63, 3.8) is 0 Å². The molecule has 0 atom stereocenters. The van der Waals surface area contributed by atoms with E-state index in [4.69, 9.17) is 13.6 Å². The largest absolute Gasteiger partial charge is 1.00 e. The average molecular weight is 1120 g/mol. The van der Waals surface area contributed by atoms with Gasteiger partial charge in [0.25, 0.3) is 0 Å². The van der Waals surface area contributed by atoms with Crippen molar-refractivity contribution >= 4 is 27.9 Å². The number of fused-ring (bicyclic) bond motifs is 2. The molecule has 19 heteroatoms. The summed E-state index contributed by atoms with van der Waals surface area (Å²) in [4.78, 5) is 47.8. The van der Waals surface area contributed by atoms with Gasteiger partial charge in [-0.15, -0.1) is 47.9 Å². The van der Waals surface area contributed by atoms with Gasteiger partial charge >= 0.3 is 6.09 Å². The third kappa shape index (κ3) is 21.1. The molecule has 0 aliphatic carbocycles. The zero-order chi connectivity index (χ0) is 43.8. The van der Waals surface area contributed by atoms with Crippen molar-refractivity contribution in [2.24, 2.45) is 0 Å². The van der Waals surface area contributed by atoms with Crippen molar-refractivity contribution in [3.05, 3.63) is 155 Å². The van der Waals surface area contributed by atoms with Gasteiger partial charge in [-0.05, 0) is 46.2 Å². The van der Waals surface area contributed by atoms with Gasteiger partial charge in [-0.3, -0.25) is 19.5 Å². The fraction of sp³-hybridized carbons (Fsp3) is 0.340. The van der Waals surface area contributed by atoms with Gasteiger partial charge in [0.2, 0.25) is 10.9 Å².